The Bertz CT molecular complexity index is 746. The van der Waals surface area contributed by atoms with Crippen molar-refractivity contribution in [3.05, 3.63) is 35.6 Å². The van der Waals surface area contributed by atoms with Crippen molar-refractivity contribution in [2.24, 2.45) is 0 Å². The Hall–Kier alpha value is -1.63. The Kier molecular flexibility index (Phi) is 6.66. The van der Waals surface area contributed by atoms with E-state index in [1.165, 1.54) is 0 Å². The molecule has 1 aromatic heterocycles. The molecule has 1 N–H and O–H groups in total. The molecule has 0 aliphatic heterocycles. The molecule has 0 saturated carbocycles. The first kappa shape index (κ1) is 20.7. The van der Waals surface area contributed by atoms with Crippen LogP contribution in [0.25, 0.3) is 11.0 Å². The molecule has 144 valence electrons. The highest BCUT2D eigenvalue weighted by Gasteiger charge is 2.36. The molecule has 1 heterocycles. The fourth-order valence-electron chi connectivity index (χ4n) is 2.32. The molecule has 5 nitrogen and oxygen atoms in total. The van der Waals surface area contributed by atoms with Crippen molar-refractivity contribution in [2.45, 2.75) is 52.4 Å². The third kappa shape index (κ3) is 5.19. The van der Waals surface area contributed by atoms with Crippen molar-refractivity contribution in [3.63, 3.8) is 0 Å². The van der Waals surface area contributed by atoms with Crippen molar-refractivity contribution < 1.29 is 18.4 Å². The van der Waals surface area contributed by atoms with Gasteiger partial charge in [-0.25, -0.2) is 4.79 Å². The lowest BCUT2D eigenvalue weighted by molar-refractivity contribution is 0.0492. The number of hydrogen-bond donors (Lipinski definition) is 1. The fourth-order valence-corrected chi connectivity index (χ4v) is 3.36. The molecule has 0 aliphatic rings. The van der Waals surface area contributed by atoms with Crippen LogP contribution in [0.3, 0.4) is 0 Å². The average Bonchev–Trinajstić information content (AvgIpc) is 2.97. The van der Waals surface area contributed by atoms with Gasteiger partial charge in [0.25, 0.3) is 0 Å². The van der Waals surface area contributed by atoms with Gasteiger partial charge in [-0.1, -0.05) is 32.9 Å². The summed E-state index contributed by atoms with van der Waals surface area (Å²) >= 11 is 0. The monoisotopic (exact) mass is 377 g/mol. The van der Waals surface area contributed by atoms with Crippen molar-refractivity contribution >= 4 is 25.3 Å². The molecule has 2 rings (SSSR count). The lowest BCUT2D eigenvalue weighted by atomic mass is 10.1. The predicted molar refractivity (Wildman–Crippen MR) is 107 cm³/mol. The third-order valence-corrected chi connectivity index (χ3v) is 9.48. The van der Waals surface area contributed by atoms with E-state index in [-0.39, 0.29) is 10.8 Å². The van der Waals surface area contributed by atoms with E-state index in [1.807, 2.05) is 18.2 Å². The molecule has 26 heavy (non-hydrogen) atoms. The van der Waals surface area contributed by atoms with Crippen LogP contribution in [0.4, 0.5) is 0 Å². The van der Waals surface area contributed by atoms with E-state index in [1.54, 1.807) is 13.0 Å². The molecular formula is C20H31NO4Si. The summed E-state index contributed by atoms with van der Waals surface area (Å²) in [7, 11) is -1.68. The van der Waals surface area contributed by atoms with Gasteiger partial charge in [0.05, 0.1) is 6.61 Å². The molecule has 6 heteroatoms. The Morgan fingerprint density at radius 1 is 1.23 bits per heavy atom. The van der Waals surface area contributed by atoms with Gasteiger partial charge in [-0.15, -0.1) is 0 Å². The van der Waals surface area contributed by atoms with Crippen LogP contribution >= 0.6 is 0 Å². The molecule has 1 aromatic carbocycles. The van der Waals surface area contributed by atoms with E-state index in [0.717, 1.165) is 24.0 Å². The molecule has 0 aliphatic carbocycles. The molecule has 0 bridgehead atoms. The molecule has 0 atom stereocenters. The summed E-state index contributed by atoms with van der Waals surface area (Å²) in [6.07, 6.45) is 0. The van der Waals surface area contributed by atoms with Gasteiger partial charge in [0.2, 0.25) is 5.76 Å². The van der Waals surface area contributed by atoms with Gasteiger partial charge < -0.3 is 18.9 Å². The second kappa shape index (κ2) is 8.37. The minimum absolute atomic E-state index is 0.230. The SMILES string of the molecule is CCOC(=O)c1cc2ccc(CNCCO[Si](C)(C)C(C)(C)C)cc2o1. The summed E-state index contributed by atoms with van der Waals surface area (Å²) in [4.78, 5) is 11.8. The predicted octanol–water partition coefficient (Wildman–Crippen LogP) is 4.72. The van der Waals surface area contributed by atoms with Crippen LogP contribution in [-0.4, -0.2) is 34.0 Å². The second-order valence-corrected chi connectivity index (χ2v) is 12.8. The highest BCUT2D eigenvalue weighted by Crippen LogP contribution is 2.36. The maximum atomic E-state index is 11.8. The van der Waals surface area contributed by atoms with E-state index in [2.05, 4.69) is 39.2 Å². The summed E-state index contributed by atoms with van der Waals surface area (Å²) in [5, 5.41) is 4.54. The van der Waals surface area contributed by atoms with E-state index in [9.17, 15) is 4.79 Å². The van der Waals surface area contributed by atoms with Crippen LogP contribution < -0.4 is 5.32 Å². The van der Waals surface area contributed by atoms with Gasteiger partial charge in [-0.05, 0) is 42.8 Å². The number of carbonyl (C=O) groups is 1. The molecule has 0 radical (unpaired) electrons. The zero-order valence-electron chi connectivity index (χ0n) is 16.8. The number of rotatable bonds is 8. The lowest BCUT2D eigenvalue weighted by Crippen LogP contribution is -2.42. The lowest BCUT2D eigenvalue weighted by Gasteiger charge is -2.36. The molecule has 2 aromatic rings. The molecule has 0 saturated heterocycles. The molecule has 0 spiro atoms. The zero-order chi connectivity index (χ0) is 19.4. The Morgan fingerprint density at radius 2 is 1.96 bits per heavy atom. The highest BCUT2D eigenvalue weighted by molar-refractivity contribution is 6.74. The number of ether oxygens (including phenoxy) is 1. The van der Waals surface area contributed by atoms with Crippen LogP contribution in [0.15, 0.2) is 28.7 Å². The van der Waals surface area contributed by atoms with Gasteiger partial charge in [0.1, 0.15) is 5.58 Å². The number of esters is 1. The minimum atomic E-state index is -1.68. The van der Waals surface area contributed by atoms with Crippen LogP contribution in [0.1, 0.15) is 43.8 Å². The van der Waals surface area contributed by atoms with Crippen LogP contribution in [0.2, 0.25) is 18.1 Å². The highest BCUT2D eigenvalue weighted by atomic mass is 28.4. The standard InChI is InChI=1S/C20H31NO4Si/c1-7-23-19(22)18-13-16-9-8-15(12-17(16)25-18)14-21-10-11-24-26(5,6)20(2,3)4/h8-9,12-13,21H,7,10-11,14H2,1-6H3. The summed E-state index contributed by atoms with van der Waals surface area (Å²) in [5.41, 5.74) is 1.81. The molecular weight excluding hydrogens is 346 g/mol. The van der Waals surface area contributed by atoms with Gasteiger partial charge in [-0.2, -0.15) is 0 Å². The topological polar surface area (TPSA) is 60.7 Å². The van der Waals surface area contributed by atoms with Crippen LogP contribution in [0, 0.1) is 0 Å². The van der Waals surface area contributed by atoms with Crippen LogP contribution in [0.5, 0.6) is 0 Å². The van der Waals surface area contributed by atoms with Gasteiger partial charge in [-0.3, -0.25) is 0 Å². The second-order valence-electron chi connectivity index (χ2n) is 7.99. The van der Waals surface area contributed by atoms with E-state index < -0.39 is 14.3 Å². The van der Waals surface area contributed by atoms with Crippen LogP contribution in [-0.2, 0) is 15.7 Å². The Balaban J connectivity index is 1.86. The fraction of sp³-hybridized carbons (Fsp3) is 0.550. The first-order chi connectivity index (χ1) is 12.1. The molecule has 0 fully saturated rings. The first-order valence-electron chi connectivity index (χ1n) is 9.18. The van der Waals surface area contributed by atoms with E-state index in [4.69, 9.17) is 13.6 Å². The Labute approximate surface area is 157 Å². The van der Waals surface area contributed by atoms with E-state index >= 15 is 0 Å². The maximum Gasteiger partial charge on any atom is 0.374 e. The number of furan rings is 1. The van der Waals surface area contributed by atoms with Crippen molar-refractivity contribution in [1.29, 1.82) is 0 Å². The number of nitrogens with one attached hydrogen (secondary N) is 1. The summed E-state index contributed by atoms with van der Waals surface area (Å²) in [5.74, 6) is -0.180. The van der Waals surface area contributed by atoms with Crippen molar-refractivity contribution in [1.82, 2.24) is 5.32 Å². The van der Waals surface area contributed by atoms with Gasteiger partial charge in [0, 0.05) is 25.1 Å². The minimum Gasteiger partial charge on any atom is -0.460 e. The zero-order valence-corrected chi connectivity index (χ0v) is 17.8. The van der Waals surface area contributed by atoms with Gasteiger partial charge in [0.15, 0.2) is 8.32 Å². The Morgan fingerprint density at radius 3 is 2.62 bits per heavy atom. The molecule has 0 unspecified atom stereocenters. The first-order valence-corrected chi connectivity index (χ1v) is 12.1. The average molecular weight is 378 g/mol. The summed E-state index contributed by atoms with van der Waals surface area (Å²) in [6.45, 7) is 15.6. The van der Waals surface area contributed by atoms with Crippen molar-refractivity contribution in [2.75, 3.05) is 19.8 Å². The number of fused-ring (bicyclic) bond motifs is 1. The normalized spacial score (nSPS) is 12.5. The summed E-state index contributed by atoms with van der Waals surface area (Å²) in [6, 6.07) is 7.68. The van der Waals surface area contributed by atoms with Gasteiger partial charge >= 0.3 is 5.97 Å². The number of hydrogen-bond acceptors (Lipinski definition) is 5. The summed E-state index contributed by atoms with van der Waals surface area (Å²) < 4.78 is 16.7. The van der Waals surface area contributed by atoms with E-state index in [0.29, 0.717) is 18.8 Å². The quantitative estimate of drug-likeness (QED) is 0.410. The third-order valence-electron chi connectivity index (χ3n) is 4.94. The molecule has 0 amide bonds. The largest absolute Gasteiger partial charge is 0.460 e. The number of benzene rings is 1. The maximum absolute atomic E-state index is 11.8. The smallest absolute Gasteiger partial charge is 0.374 e. The van der Waals surface area contributed by atoms with Crippen molar-refractivity contribution in [3.8, 4) is 0 Å². The number of carbonyl (C=O) groups excluding carboxylic acids is 1.